The first kappa shape index (κ1) is 23.2. The van der Waals surface area contributed by atoms with E-state index in [4.69, 9.17) is 21.1 Å². The maximum absolute atomic E-state index is 12.1. The first-order valence-corrected chi connectivity index (χ1v) is 10.9. The van der Waals surface area contributed by atoms with E-state index in [0.29, 0.717) is 35.3 Å². The molecule has 2 aromatic carbocycles. The van der Waals surface area contributed by atoms with Gasteiger partial charge in [-0.2, -0.15) is 5.10 Å². The first-order valence-electron chi connectivity index (χ1n) is 9.73. The Labute approximate surface area is 185 Å². The number of ether oxygens (including phenoxy) is 2. The van der Waals surface area contributed by atoms with Crippen LogP contribution in [0.3, 0.4) is 0 Å². The van der Waals surface area contributed by atoms with E-state index in [2.05, 4.69) is 33.4 Å². The molecule has 1 N–H and O–H groups in total. The summed E-state index contributed by atoms with van der Waals surface area (Å²) in [5.74, 6) is 1.02. The molecule has 2 aromatic rings. The number of nitrogens with one attached hydrogen (secondary N) is 1. The molecule has 0 heterocycles. The van der Waals surface area contributed by atoms with Crippen molar-refractivity contribution in [1.82, 2.24) is 5.43 Å². The molecule has 2 rings (SSSR count). The molecule has 0 unspecified atom stereocenters. The van der Waals surface area contributed by atoms with Crippen LogP contribution in [0.2, 0.25) is 5.02 Å². The molecule has 0 aromatic heterocycles. The Morgan fingerprint density at radius 1 is 1.14 bits per heavy atom. The quantitative estimate of drug-likeness (QED) is 0.235. The van der Waals surface area contributed by atoms with Crippen LogP contribution < -0.4 is 14.9 Å². The third-order valence-electron chi connectivity index (χ3n) is 4.06. The maximum Gasteiger partial charge on any atom is 0.271 e. The summed E-state index contributed by atoms with van der Waals surface area (Å²) in [4.78, 5) is 12.1. The molecule has 1 amide bonds. The average molecular weight is 482 g/mol. The molecule has 0 spiro atoms. The number of nitrogens with zero attached hydrogens (tertiary/aromatic N) is 1. The van der Waals surface area contributed by atoms with Gasteiger partial charge < -0.3 is 9.47 Å². The van der Waals surface area contributed by atoms with Crippen molar-refractivity contribution < 1.29 is 14.3 Å². The predicted molar refractivity (Wildman–Crippen MR) is 121 cm³/mol. The first-order chi connectivity index (χ1) is 14.0. The lowest BCUT2D eigenvalue weighted by atomic mass is 10.2. The van der Waals surface area contributed by atoms with Crippen LogP contribution in [0.5, 0.6) is 11.5 Å². The maximum atomic E-state index is 12.1. The number of unbranched alkanes of at least 4 members (excludes halogenated alkanes) is 3. The van der Waals surface area contributed by atoms with Gasteiger partial charge in [-0.15, -0.1) is 0 Å². The lowest BCUT2D eigenvalue weighted by Crippen LogP contribution is -2.17. The van der Waals surface area contributed by atoms with Gasteiger partial charge in [-0.05, 0) is 71.2 Å². The Balaban J connectivity index is 2.03. The van der Waals surface area contributed by atoms with Crippen molar-refractivity contribution in [2.24, 2.45) is 5.10 Å². The minimum atomic E-state index is -0.311. The summed E-state index contributed by atoms with van der Waals surface area (Å²) in [6.45, 7) is 5.27. The third kappa shape index (κ3) is 7.71. The number of hydrogen-bond donors (Lipinski definition) is 1. The van der Waals surface area contributed by atoms with E-state index in [0.717, 1.165) is 22.9 Å². The molecule has 0 fully saturated rings. The van der Waals surface area contributed by atoms with E-state index in [1.807, 2.05) is 19.1 Å². The number of rotatable bonds is 11. The normalized spacial score (nSPS) is 10.9. The van der Waals surface area contributed by atoms with E-state index >= 15 is 0 Å². The average Bonchev–Trinajstić information content (AvgIpc) is 2.70. The zero-order valence-corrected chi connectivity index (χ0v) is 19.1. The van der Waals surface area contributed by atoms with E-state index < -0.39 is 0 Å². The van der Waals surface area contributed by atoms with Crippen molar-refractivity contribution in [3.8, 4) is 11.5 Å². The smallest absolute Gasteiger partial charge is 0.271 e. The second-order valence-corrected chi connectivity index (χ2v) is 7.67. The van der Waals surface area contributed by atoms with Gasteiger partial charge in [-0.1, -0.05) is 37.8 Å². The number of carbonyl (C=O) groups excluding carboxylic acids is 1. The van der Waals surface area contributed by atoms with Gasteiger partial charge in [0, 0.05) is 10.6 Å². The fourth-order valence-corrected chi connectivity index (χ4v) is 3.30. The minimum absolute atomic E-state index is 0.311. The summed E-state index contributed by atoms with van der Waals surface area (Å²) in [6.07, 6.45) is 6.12. The van der Waals surface area contributed by atoms with Gasteiger partial charge in [-0.25, -0.2) is 5.43 Å². The summed E-state index contributed by atoms with van der Waals surface area (Å²) in [7, 11) is 0. The van der Waals surface area contributed by atoms with E-state index in [1.54, 1.807) is 30.5 Å². The fourth-order valence-electron chi connectivity index (χ4n) is 2.60. The number of hydrazone groups is 1. The highest BCUT2D eigenvalue weighted by Crippen LogP contribution is 2.36. The Hall–Kier alpha value is -2.05. The molecule has 156 valence electrons. The second kappa shape index (κ2) is 12.5. The highest BCUT2D eigenvalue weighted by Gasteiger charge is 2.12. The SMILES string of the molecule is CCCCCCOc1c(Br)cc(C=NNC(=O)c2ccc(Cl)cc2)cc1OCC. The van der Waals surface area contributed by atoms with Gasteiger partial charge in [-0.3, -0.25) is 4.79 Å². The number of benzene rings is 2. The van der Waals surface area contributed by atoms with E-state index in [-0.39, 0.29) is 5.91 Å². The van der Waals surface area contributed by atoms with Gasteiger partial charge in [0.05, 0.1) is 23.9 Å². The Morgan fingerprint density at radius 2 is 1.90 bits per heavy atom. The van der Waals surface area contributed by atoms with Crippen LogP contribution in [0.4, 0.5) is 0 Å². The summed E-state index contributed by atoms with van der Waals surface area (Å²) in [6, 6.07) is 10.3. The molecule has 0 bridgehead atoms. The molecule has 0 saturated carbocycles. The van der Waals surface area contributed by atoms with Crippen LogP contribution in [-0.2, 0) is 0 Å². The van der Waals surface area contributed by atoms with Crippen LogP contribution in [0.1, 0.15) is 55.5 Å². The summed E-state index contributed by atoms with van der Waals surface area (Å²) < 4.78 is 12.4. The Morgan fingerprint density at radius 3 is 2.59 bits per heavy atom. The largest absolute Gasteiger partial charge is 0.490 e. The Bertz CT molecular complexity index is 826. The topological polar surface area (TPSA) is 59.9 Å². The third-order valence-corrected chi connectivity index (χ3v) is 4.90. The second-order valence-electron chi connectivity index (χ2n) is 6.38. The fraction of sp³-hybridized carbons (Fsp3) is 0.364. The summed E-state index contributed by atoms with van der Waals surface area (Å²) in [5, 5.41) is 4.61. The van der Waals surface area contributed by atoms with Crippen LogP contribution in [0.15, 0.2) is 46.0 Å². The van der Waals surface area contributed by atoms with Crippen molar-refractivity contribution in [3.63, 3.8) is 0 Å². The predicted octanol–water partition coefficient (Wildman–Crippen LogP) is 6.22. The molecular formula is C22H26BrClN2O3. The zero-order chi connectivity index (χ0) is 21.1. The molecule has 0 radical (unpaired) electrons. The molecular weight excluding hydrogens is 456 g/mol. The number of carbonyl (C=O) groups is 1. The van der Waals surface area contributed by atoms with Gasteiger partial charge in [0.25, 0.3) is 5.91 Å². The van der Waals surface area contributed by atoms with Crippen LogP contribution in [0.25, 0.3) is 0 Å². The van der Waals surface area contributed by atoms with Crippen molar-refractivity contribution in [1.29, 1.82) is 0 Å². The van der Waals surface area contributed by atoms with Crippen molar-refractivity contribution in [2.45, 2.75) is 39.5 Å². The van der Waals surface area contributed by atoms with Gasteiger partial charge in [0.1, 0.15) is 0 Å². The molecule has 7 heteroatoms. The molecule has 0 atom stereocenters. The van der Waals surface area contributed by atoms with Crippen LogP contribution in [0, 0.1) is 0 Å². The summed E-state index contributed by atoms with van der Waals surface area (Å²) in [5.41, 5.74) is 3.76. The molecule has 0 aliphatic carbocycles. The van der Waals surface area contributed by atoms with Gasteiger partial charge in [0.2, 0.25) is 0 Å². The number of amides is 1. The Kier molecular flexibility index (Phi) is 10.0. The number of halogens is 2. The van der Waals surface area contributed by atoms with Crippen molar-refractivity contribution in [2.75, 3.05) is 13.2 Å². The molecule has 0 aliphatic heterocycles. The zero-order valence-electron chi connectivity index (χ0n) is 16.7. The van der Waals surface area contributed by atoms with E-state index in [1.165, 1.54) is 12.8 Å². The van der Waals surface area contributed by atoms with Gasteiger partial charge >= 0.3 is 0 Å². The monoisotopic (exact) mass is 480 g/mol. The minimum Gasteiger partial charge on any atom is -0.490 e. The highest BCUT2D eigenvalue weighted by molar-refractivity contribution is 9.10. The molecule has 5 nitrogen and oxygen atoms in total. The van der Waals surface area contributed by atoms with Crippen LogP contribution >= 0.6 is 27.5 Å². The molecule has 0 aliphatic rings. The summed E-state index contributed by atoms with van der Waals surface area (Å²) >= 11 is 9.38. The highest BCUT2D eigenvalue weighted by atomic mass is 79.9. The lowest BCUT2D eigenvalue weighted by molar-refractivity contribution is 0.0955. The van der Waals surface area contributed by atoms with Gasteiger partial charge in [0.15, 0.2) is 11.5 Å². The van der Waals surface area contributed by atoms with Crippen LogP contribution in [-0.4, -0.2) is 25.3 Å². The van der Waals surface area contributed by atoms with Crippen molar-refractivity contribution >= 4 is 39.7 Å². The van der Waals surface area contributed by atoms with Crippen molar-refractivity contribution in [3.05, 3.63) is 57.0 Å². The molecule has 0 saturated heterocycles. The van der Waals surface area contributed by atoms with E-state index in [9.17, 15) is 4.79 Å². The standard InChI is InChI=1S/C22H26BrClN2O3/c1-3-5-6-7-12-29-21-19(23)13-16(14-20(21)28-4-2)15-25-26-22(27)17-8-10-18(24)11-9-17/h8-11,13-15H,3-7,12H2,1-2H3,(H,26,27). The number of hydrogen-bond acceptors (Lipinski definition) is 4. The lowest BCUT2D eigenvalue weighted by Gasteiger charge is -2.14. The molecule has 29 heavy (non-hydrogen) atoms.